The molecule has 2 unspecified atom stereocenters. The molecule has 1 saturated heterocycles. The number of aryl methyl sites for hydroxylation is 1. The largest absolute Gasteiger partial charge is 0.391 e. The summed E-state index contributed by atoms with van der Waals surface area (Å²) < 4.78 is 27.2. The van der Waals surface area contributed by atoms with E-state index in [1.807, 2.05) is 21.0 Å². The van der Waals surface area contributed by atoms with Crippen LogP contribution < -0.4 is 0 Å². The molecule has 7 heteroatoms. The van der Waals surface area contributed by atoms with Crippen LogP contribution in [0.4, 0.5) is 0 Å². The van der Waals surface area contributed by atoms with E-state index >= 15 is 0 Å². The molecule has 0 bridgehead atoms. The van der Waals surface area contributed by atoms with Gasteiger partial charge in [0.05, 0.1) is 6.61 Å². The van der Waals surface area contributed by atoms with Crippen molar-refractivity contribution in [3.8, 4) is 0 Å². The standard InChI is InChI=1S/C13H22N2O3S2/c1-9-5-13(19-12(9)8-16)20(17,18)15-6-10(2)11(7-15)14(3)4/h5,10-11,16H,6-8H2,1-4H3. The molecule has 1 N–H and O–H groups in total. The number of rotatable bonds is 4. The monoisotopic (exact) mass is 318 g/mol. The first-order valence-electron chi connectivity index (χ1n) is 6.64. The van der Waals surface area contributed by atoms with E-state index in [0.29, 0.717) is 23.2 Å². The quantitative estimate of drug-likeness (QED) is 0.904. The second kappa shape index (κ2) is 5.73. The lowest BCUT2D eigenvalue weighted by Crippen LogP contribution is -2.35. The number of sulfonamides is 1. The van der Waals surface area contributed by atoms with Crippen molar-refractivity contribution in [3.63, 3.8) is 0 Å². The van der Waals surface area contributed by atoms with Crippen molar-refractivity contribution >= 4 is 21.4 Å². The summed E-state index contributed by atoms with van der Waals surface area (Å²) in [6.07, 6.45) is 0. The van der Waals surface area contributed by atoms with Crippen LogP contribution in [0.3, 0.4) is 0 Å². The van der Waals surface area contributed by atoms with E-state index in [9.17, 15) is 13.5 Å². The summed E-state index contributed by atoms with van der Waals surface area (Å²) >= 11 is 1.17. The van der Waals surface area contributed by atoms with Crippen LogP contribution in [0.1, 0.15) is 17.4 Å². The van der Waals surface area contributed by atoms with Gasteiger partial charge in [-0.15, -0.1) is 11.3 Å². The lowest BCUT2D eigenvalue weighted by molar-refractivity contribution is 0.263. The van der Waals surface area contributed by atoms with E-state index in [1.165, 1.54) is 11.3 Å². The molecule has 0 saturated carbocycles. The van der Waals surface area contributed by atoms with Crippen LogP contribution in [-0.4, -0.2) is 56.0 Å². The second-order valence-corrected chi connectivity index (χ2v) is 8.96. The molecule has 0 aliphatic carbocycles. The number of aliphatic hydroxyl groups is 1. The molecule has 5 nitrogen and oxygen atoms in total. The van der Waals surface area contributed by atoms with Crippen LogP contribution in [0.15, 0.2) is 10.3 Å². The minimum Gasteiger partial charge on any atom is -0.391 e. The molecule has 2 atom stereocenters. The summed E-state index contributed by atoms with van der Waals surface area (Å²) in [5.41, 5.74) is 0.840. The number of hydrogen-bond acceptors (Lipinski definition) is 5. The van der Waals surface area contributed by atoms with Crippen molar-refractivity contribution in [3.05, 3.63) is 16.5 Å². The molecule has 1 aliphatic rings. The van der Waals surface area contributed by atoms with Gasteiger partial charge in [-0.05, 0) is 38.6 Å². The zero-order valence-electron chi connectivity index (χ0n) is 12.3. The smallest absolute Gasteiger partial charge is 0.252 e. The molecule has 1 aliphatic heterocycles. The fraction of sp³-hybridized carbons (Fsp3) is 0.692. The van der Waals surface area contributed by atoms with Gasteiger partial charge in [-0.1, -0.05) is 6.92 Å². The molecular formula is C13H22N2O3S2. The fourth-order valence-electron chi connectivity index (χ4n) is 2.67. The molecule has 2 heterocycles. The number of nitrogens with zero attached hydrogens (tertiary/aromatic N) is 2. The maximum atomic E-state index is 12.7. The third-order valence-corrected chi connectivity index (χ3v) is 7.44. The summed E-state index contributed by atoms with van der Waals surface area (Å²) in [5.74, 6) is 0.318. The number of likely N-dealkylation sites (N-methyl/N-ethyl adjacent to an activating group) is 1. The van der Waals surface area contributed by atoms with Crippen molar-refractivity contribution in [2.24, 2.45) is 5.92 Å². The molecular weight excluding hydrogens is 296 g/mol. The van der Waals surface area contributed by atoms with Gasteiger partial charge in [-0.2, -0.15) is 4.31 Å². The molecule has 2 rings (SSSR count). The maximum Gasteiger partial charge on any atom is 0.252 e. The molecule has 0 amide bonds. The Labute approximate surface area is 124 Å². The number of thiophene rings is 1. The van der Waals surface area contributed by atoms with Gasteiger partial charge >= 0.3 is 0 Å². The third kappa shape index (κ3) is 2.78. The zero-order valence-corrected chi connectivity index (χ0v) is 14.0. The van der Waals surface area contributed by atoms with Gasteiger partial charge in [0.25, 0.3) is 10.0 Å². The van der Waals surface area contributed by atoms with Crippen LogP contribution in [0.5, 0.6) is 0 Å². The normalized spacial score (nSPS) is 24.7. The zero-order chi connectivity index (χ0) is 15.1. The summed E-state index contributed by atoms with van der Waals surface area (Å²) in [6.45, 7) is 4.89. The average molecular weight is 318 g/mol. The van der Waals surface area contributed by atoms with Crippen molar-refractivity contribution in [1.29, 1.82) is 0 Å². The Kier molecular flexibility index (Phi) is 4.56. The highest BCUT2D eigenvalue weighted by Gasteiger charge is 2.38. The Morgan fingerprint density at radius 1 is 1.45 bits per heavy atom. The first-order valence-corrected chi connectivity index (χ1v) is 8.89. The van der Waals surface area contributed by atoms with Crippen LogP contribution >= 0.6 is 11.3 Å². The molecule has 0 aromatic carbocycles. The third-order valence-electron chi connectivity index (χ3n) is 3.94. The van der Waals surface area contributed by atoms with Gasteiger partial charge in [0.15, 0.2) is 0 Å². The van der Waals surface area contributed by atoms with E-state index in [0.717, 1.165) is 10.4 Å². The highest BCUT2D eigenvalue weighted by molar-refractivity contribution is 7.91. The van der Waals surface area contributed by atoms with Crippen LogP contribution in [0.25, 0.3) is 0 Å². The highest BCUT2D eigenvalue weighted by Crippen LogP contribution is 2.32. The number of hydrogen-bond donors (Lipinski definition) is 1. The molecule has 1 fully saturated rings. The Morgan fingerprint density at radius 2 is 2.10 bits per heavy atom. The van der Waals surface area contributed by atoms with Crippen LogP contribution in [0.2, 0.25) is 0 Å². The Morgan fingerprint density at radius 3 is 2.55 bits per heavy atom. The molecule has 1 aromatic heterocycles. The van der Waals surface area contributed by atoms with Gasteiger partial charge in [0.1, 0.15) is 4.21 Å². The topological polar surface area (TPSA) is 60.9 Å². The SMILES string of the molecule is Cc1cc(S(=O)(=O)N2CC(C)C(N(C)C)C2)sc1CO. The van der Waals surface area contributed by atoms with E-state index in [2.05, 4.69) is 11.8 Å². The first kappa shape index (κ1) is 15.9. The summed E-state index contributed by atoms with van der Waals surface area (Å²) in [6, 6.07) is 1.92. The number of aliphatic hydroxyl groups excluding tert-OH is 1. The minimum absolute atomic E-state index is 0.108. The predicted octanol–water partition coefficient (Wildman–Crippen LogP) is 1.12. The average Bonchev–Trinajstić information content (AvgIpc) is 2.93. The summed E-state index contributed by atoms with van der Waals surface area (Å²) in [4.78, 5) is 2.80. The van der Waals surface area contributed by atoms with Crippen molar-refractivity contribution < 1.29 is 13.5 Å². The molecule has 1 aromatic rings. The maximum absolute atomic E-state index is 12.7. The predicted molar refractivity (Wildman–Crippen MR) is 80.4 cm³/mol. The van der Waals surface area contributed by atoms with Gasteiger partial charge < -0.3 is 10.0 Å². The Balaban J connectivity index is 2.27. The van der Waals surface area contributed by atoms with E-state index in [-0.39, 0.29) is 12.6 Å². The second-order valence-electron chi connectivity index (χ2n) is 5.66. The Bertz CT molecular complexity index is 580. The lowest BCUT2D eigenvalue weighted by Gasteiger charge is -2.22. The van der Waals surface area contributed by atoms with Gasteiger partial charge in [0, 0.05) is 24.0 Å². The molecule has 0 spiro atoms. The van der Waals surface area contributed by atoms with Crippen molar-refractivity contribution in [2.45, 2.75) is 30.7 Å². The van der Waals surface area contributed by atoms with Crippen LogP contribution in [0, 0.1) is 12.8 Å². The summed E-state index contributed by atoms with van der Waals surface area (Å²) in [5, 5.41) is 9.22. The Hall–Kier alpha value is -0.470. The molecule has 114 valence electrons. The molecule has 20 heavy (non-hydrogen) atoms. The molecule has 0 radical (unpaired) electrons. The van der Waals surface area contributed by atoms with E-state index < -0.39 is 10.0 Å². The van der Waals surface area contributed by atoms with Gasteiger partial charge in [0.2, 0.25) is 0 Å². The lowest BCUT2D eigenvalue weighted by atomic mass is 10.1. The summed E-state index contributed by atoms with van der Waals surface area (Å²) in [7, 11) is 0.529. The minimum atomic E-state index is -3.44. The van der Waals surface area contributed by atoms with Crippen molar-refractivity contribution in [2.75, 3.05) is 27.2 Å². The van der Waals surface area contributed by atoms with Crippen molar-refractivity contribution in [1.82, 2.24) is 9.21 Å². The highest BCUT2D eigenvalue weighted by atomic mass is 32.2. The van der Waals surface area contributed by atoms with E-state index in [4.69, 9.17) is 0 Å². The van der Waals surface area contributed by atoms with Gasteiger partial charge in [-0.3, -0.25) is 0 Å². The first-order chi connectivity index (χ1) is 9.27. The van der Waals surface area contributed by atoms with Gasteiger partial charge in [-0.25, -0.2) is 8.42 Å². The van der Waals surface area contributed by atoms with Crippen LogP contribution in [-0.2, 0) is 16.6 Å². The van der Waals surface area contributed by atoms with E-state index in [1.54, 1.807) is 10.4 Å². The fourth-order valence-corrected chi connectivity index (χ4v) is 5.84.